The third kappa shape index (κ3) is 9.03. The molecule has 0 amide bonds. The van der Waals surface area contributed by atoms with Gasteiger partial charge in [0.1, 0.15) is 12.2 Å². The lowest BCUT2D eigenvalue weighted by atomic mass is 9.80. The fraction of sp³-hybridized carbons (Fsp3) is 0.846. The second-order valence-corrected chi connectivity index (χ2v) is 13.1. The van der Waals surface area contributed by atoms with Crippen molar-refractivity contribution in [2.75, 3.05) is 0 Å². The Balaban J connectivity index is 2.27. The normalized spacial score (nSPS) is 24.8. The maximum atomic E-state index is 13.3. The summed E-state index contributed by atoms with van der Waals surface area (Å²) >= 11 is 0. The second-order valence-electron chi connectivity index (χ2n) is 13.1. The van der Waals surface area contributed by atoms with E-state index < -0.39 is 60.8 Å². The number of piperidine rings is 2. The van der Waals surface area contributed by atoms with Gasteiger partial charge in [-0.1, -0.05) is 0 Å². The minimum atomic E-state index is -1.48. The first kappa shape index (κ1) is 30.0. The quantitative estimate of drug-likeness (QED) is 0.339. The maximum Gasteiger partial charge on any atom is 0.310 e. The zero-order valence-corrected chi connectivity index (χ0v) is 22.9. The van der Waals surface area contributed by atoms with Gasteiger partial charge in [-0.15, -0.1) is 0 Å². The van der Waals surface area contributed by atoms with Crippen LogP contribution in [0.2, 0.25) is 0 Å². The van der Waals surface area contributed by atoms with E-state index in [9.17, 15) is 29.4 Å². The summed E-state index contributed by atoms with van der Waals surface area (Å²) in [6.07, 6.45) is -0.491. The van der Waals surface area contributed by atoms with Crippen molar-refractivity contribution in [1.29, 1.82) is 0 Å². The number of nitrogens with one attached hydrogen (secondary N) is 2. The molecule has 206 valence electrons. The second kappa shape index (κ2) is 10.7. The molecule has 2 atom stereocenters. The molecule has 10 nitrogen and oxygen atoms in total. The molecule has 36 heavy (non-hydrogen) atoms. The van der Waals surface area contributed by atoms with E-state index in [1.807, 2.05) is 55.4 Å². The highest BCUT2D eigenvalue weighted by Gasteiger charge is 2.45. The number of carbonyl (C=O) groups is 4. The average Bonchev–Trinajstić information content (AvgIpc) is 2.58. The Bertz CT molecular complexity index is 762. The highest BCUT2D eigenvalue weighted by Crippen LogP contribution is 2.34. The molecule has 2 saturated heterocycles. The van der Waals surface area contributed by atoms with Crippen molar-refractivity contribution in [2.24, 2.45) is 11.8 Å². The molecule has 0 radical (unpaired) electrons. The number of ether oxygens (including phenoxy) is 2. The van der Waals surface area contributed by atoms with Crippen LogP contribution in [-0.2, 0) is 28.7 Å². The summed E-state index contributed by atoms with van der Waals surface area (Å²) in [5.41, 5.74) is -1.32. The summed E-state index contributed by atoms with van der Waals surface area (Å²) in [4.78, 5) is 49.9. The molecule has 0 spiro atoms. The fourth-order valence-corrected chi connectivity index (χ4v) is 6.28. The largest absolute Gasteiger partial charge is 0.481 e. The van der Waals surface area contributed by atoms with Gasteiger partial charge in [0, 0.05) is 47.8 Å². The monoisotopic (exact) mass is 512 g/mol. The molecule has 4 N–H and O–H groups in total. The van der Waals surface area contributed by atoms with Crippen LogP contribution in [0.25, 0.3) is 0 Å². The highest BCUT2D eigenvalue weighted by molar-refractivity contribution is 5.88. The average molecular weight is 513 g/mol. The first-order valence-electron chi connectivity index (χ1n) is 12.6. The van der Waals surface area contributed by atoms with Gasteiger partial charge in [0.15, 0.2) is 0 Å². The SMILES string of the molecule is CC1(C)CC(OC(=O)C(CC(=O)O)C(CC(=O)O)C(=O)OC2CC(C)(C)NC(C)(C)C2)CC(C)(C)N1. The molecule has 0 aromatic rings. The van der Waals surface area contributed by atoms with Crippen LogP contribution >= 0.6 is 0 Å². The number of hydrogen-bond donors (Lipinski definition) is 4. The Morgan fingerprint density at radius 2 is 0.889 bits per heavy atom. The Morgan fingerprint density at radius 1 is 0.639 bits per heavy atom. The lowest BCUT2D eigenvalue weighted by Crippen LogP contribution is -2.60. The van der Waals surface area contributed by atoms with Crippen LogP contribution in [0.15, 0.2) is 0 Å². The summed E-state index contributed by atoms with van der Waals surface area (Å²) in [5.74, 6) is -7.37. The zero-order chi connectivity index (χ0) is 27.7. The summed E-state index contributed by atoms with van der Waals surface area (Å²) in [5, 5.41) is 26.0. The Morgan fingerprint density at radius 3 is 1.11 bits per heavy atom. The molecule has 2 aliphatic heterocycles. The highest BCUT2D eigenvalue weighted by atomic mass is 16.6. The number of aliphatic carboxylic acids is 2. The molecule has 2 rings (SSSR count). The predicted molar refractivity (Wildman–Crippen MR) is 132 cm³/mol. The zero-order valence-electron chi connectivity index (χ0n) is 22.9. The number of esters is 2. The van der Waals surface area contributed by atoms with Gasteiger partial charge >= 0.3 is 23.9 Å². The van der Waals surface area contributed by atoms with Gasteiger partial charge in [0.2, 0.25) is 0 Å². The molecule has 2 unspecified atom stereocenters. The van der Waals surface area contributed by atoms with Crippen LogP contribution in [0, 0.1) is 11.8 Å². The van der Waals surface area contributed by atoms with Gasteiger partial charge in [0.25, 0.3) is 0 Å². The van der Waals surface area contributed by atoms with Gasteiger partial charge in [0.05, 0.1) is 24.7 Å². The summed E-state index contributed by atoms with van der Waals surface area (Å²) in [6, 6.07) is 0. The number of carboxylic acid groups (broad SMARTS) is 2. The van der Waals surface area contributed by atoms with Crippen molar-refractivity contribution < 1.29 is 38.9 Å². The van der Waals surface area contributed by atoms with Crippen molar-refractivity contribution in [1.82, 2.24) is 10.6 Å². The van der Waals surface area contributed by atoms with Crippen molar-refractivity contribution in [3.05, 3.63) is 0 Å². The minimum Gasteiger partial charge on any atom is -0.481 e. The Labute approximate surface area is 213 Å². The van der Waals surface area contributed by atoms with Crippen molar-refractivity contribution >= 4 is 23.9 Å². The molecule has 0 bridgehead atoms. The van der Waals surface area contributed by atoms with E-state index in [1.165, 1.54) is 0 Å². The smallest absolute Gasteiger partial charge is 0.310 e. The van der Waals surface area contributed by atoms with Crippen molar-refractivity contribution in [2.45, 2.75) is 128 Å². The Kier molecular flexibility index (Phi) is 8.89. The summed E-state index contributed by atoms with van der Waals surface area (Å²) in [6.45, 7) is 15.9. The molecule has 2 fully saturated rings. The molecule has 10 heteroatoms. The lowest BCUT2D eigenvalue weighted by Gasteiger charge is -2.46. The number of hydrogen-bond acceptors (Lipinski definition) is 8. The third-order valence-corrected chi connectivity index (χ3v) is 6.75. The van der Waals surface area contributed by atoms with Crippen LogP contribution in [0.1, 0.15) is 93.9 Å². The van der Waals surface area contributed by atoms with Gasteiger partial charge in [-0.3, -0.25) is 19.2 Å². The molecular formula is C26H44N2O8. The van der Waals surface area contributed by atoms with Crippen molar-refractivity contribution in [3.63, 3.8) is 0 Å². The van der Waals surface area contributed by atoms with E-state index in [0.717, 1.165) is 0 Å². The van der Waals surface area contributed by atoms with Crippen LogP contribution in [0.4, 0.5) is 0 Å². The molecule has 2 heterocycles. The van der Waals surface area contributed by atoms with E-state index >= 15 is 0 Å². The number of carboxylic acids is 2. The standard InChI is InChI=1S/C26H44N2O8/c1-23(2)11-15(12-24(3,4)27-23)35-21(33)17(9-19(29)30)18(10-20(31)32)22(34)36-16-13-25(5,6)28-26(7,8)14-16/h15-18,27-28H,9-14H2,1-8H3,(H,29,30)(H,31,32). The predicted octanol–water partition coefficient (Wildman–Crippen LogP) is 2.87. The molecule has 0 aromatic carbocycles. The van der Waals surface area contributed by atoms with Crippen molar-refractivity contribution in [3.8, 4) is 0 Å². The number of rotatable bonds is 9. The van der Waals surface area contributed by atoms with E-state index in [1.54, 1.807) is 0 Å². The van der Waals surface area contributed by atoms with Gasteiger partial charge < -0.3 is 30.3 Å². The summed E-state index contributed by atoms with van der Waals surface area (Å²) < 4.78 is 11.5. The van der Waals surface area contributed by atoms with Crippen LogP contribution in [-0.4, -0.2) is 68.5 Å². The van der Waals surface area contributed by atoms with Gasteiger partial charge in [-0.25, -0.2) is 0 Å². The number of carbonyl (C=O) groups excluding carboxylic acids is 2. The van der Waals surface area contributed by atoms with Crippen LogP contribution < -0.4 is 10.6 Å². The molecular weight excluding hydrogens is 468 g/mol. The van der Waals surface area contributed by atoms with E-state index in [-0.39, 0.29) is 22.2 Å². The summed E-state index contributed by atoms with van der Waals surface area (Å²) in [7, 11) is 0. The topological polar surface area (TPSA) is 151 Å². The molecule has 0 aliphatic carbocycles. The first-order valence-corrected chi connectivity index (χ1v) is 12.6. The van der Waals surface area contributed by atoms with E-state index in [0.29, 0.717) is 25.7 Å². The lowest BCUT2D eigenvalue weighted by molar-refractivity contribution is -0.174. The van der Waals surface area contributed by atoms with Crippen LogP contribution in [0.5, 0.6) is 0 Å². The molecule has 0 saturated carbocycles. The Hall–Kier alpha value is -2.20. The minimum absolute atomic E-state index is 0.330. The molecule has 2 aliphatic rings. The third-order valence-electron chi connectivity index (χ3n) is 6.75. The maximum absolute atomic E-state index is 13.3. The van der Waals surface area contributed by atoms with Crippen LogP contribution in [0.3, 0.4) is 0 Å². The fourth-order valence-electron chi connectivity index (χ4n) is 6.28. The van der Waals surface area contributed by atoms with E-state index in [4.69, 9.17) is 9.47 Å². The molecule has 0 aromatic heterocycles. The van der Waals surface area contributed by atoms with Gasteiger partial charge in [-0.05, 0) is 55.4 Å². The first-order chi connectivity index (χ1) is 16.2. The van der Waals surface area contributed by atoms with E-state index in [2.05, 4.69) is 10.6 Å². The van der Waals surface area contributed by atoms with Gasteiger partial charge in [-0.2, -0.15) is 0 Å².